The second-order valence-electron chi connectivity index (χ2n) is 3.20. The molecular formula is C8H17N3O4S. The third kappa shape index (κ3) is 5.66. The molecule has 2 amide bonds. The van der Waals surface area contributed by atoms with Crippen LogP contribution in [0.5, 0.6) is 0 Å². The van der Waals surface area contributed by atoms with Crippen molar-refractivity contribution in [2.24, 2.45) is 0 Å². The van der Waals surface area contributed by atoms with Gasteiger partial charge in [0.15, 0.2) is 0 Å². The lowest BCUT2D eigenvalue weighted by atomic mass is 10.3. The predicted molar refractivity (Wildman–Crippen MR) is 58.2 cm³/mol. The Morgan fingerprint density at radius 3 is 2.00 bits per heavy atom. The Kier molecular flexibility index (Phi) is 5.97. The lowest BCUT2D eigenvalue weighted by Gasteiger charge is -2.20. The molecule has 2 N–H and O–H groups in total. The molecule has 94 valence electrons. The molecule has 0 aliphatic rings. The van der Waals surface area contributed by atoms with Gasteiger partial charge in [-0.2, -0.15) is 0 Å². The zero-order valence-corrected chi connectivity index (χ0v) is 10.4. The van der Waals surface area contributed by atoms with Crippen molar-refractivity contribution >= 4 is 21.8 Å². The molecule has 0 spiro atoms. The molecule has 0 aliphatic heterocycles. The molecule has 0 bridgehead atoms. The molecule has 7 nitrogen and oxygen atoms in total. The van der Waals surface area contributed by atoms with E-state index < -0.39 is 21.8 Å². The zero-order valence-electron chi connectivity index (χ0n) is 9.61. The minimum Gasteiger partial charge on any atom is -0.274 e. The summed E-state index contributed by atoms with van der Waals surface area (Å²) in [6, 6.07) is 0. The number of hydrazine groups is 2. The summed E-state index contributed by atoms with van der Waals surface area (Å²) >= 11 is 0. The first-order valence-electron chi connectivity index (χ1n) is 4.90. The number of nitrogens with one attached hydrogen (secondary N) is 2. The minimum atomic E-state index is -3.71. The third-order valence-corrected chi connectivity index (χ3v) is 2.43. The molecule has 0 aromatic carbocycles. The largest absolute Gasteiger partial charge is 0.274 e. The van der Waals surface area contributed by atoms with E-state index in [-0.39, 0.29) is 12.8 Å². The summed E-state index contributed by atoms with van der Waals surface area (Å²) in [7, 11) is -3.71. The van der Waals surface area contributed by atoms with E-state index in [0.29, 0.717) is 10.9 Å². The van der Waals surface area contributed by atoms with Gasteiger partial charge < -0.3 is 0 Å². The Bertz CT molecular complexity index is 352. The van der Waals surface area contributed by atoms with Crippen molar-refractivity contribution in [3.05, 3.63) is 0 Å². The van der Waals surface area contributed by atoms with Crippen molar-refractivity contribution in [1.29, 1.82) is 0 Å². The Hall–Kier alpha value is -1.15. The van der Waals surface area contributed by atoms with E-state index in [4.69, 9.17) is 0 Å². The van der Waals surface area contributed by atoms with Crippen LogP contribution < -0.4 is 10.9 Å². The molecule has 0 aromatic heterocycles. The summed E-state index contributed by atoms with van der Waals surface area (Å²) in [5.74, 6) is -0.966. The highest BCUT2D eigenvalue weighted by molar-refractivity contribution is 7.88. The maximum Gasteiger partial charge on any atom is 0.246 e. The van der Waals surface area contributed by atoms with Crippen LogP contribution in [0.15, 0.2) is 0 Å². The quantitative estimate of drug-likeness (QED) is 0.623. The van der Waals surface area contributed by atoms with Crippen molar-refractivity contribution in [1.82, 2.24) is 15.4 Å². The normalized spacial score (nSPS) is 11.2. The molecule has 0 radical (unpaired) electrons. The maximum absolute atomic E-state index is 11.2. The molecular weight excluding hydrogens is 234 g/mol. The van der Waals surface area contributed by atoms with Gasteiger partial charge in [-0.1, -0.05) is 13.8 Å². The van der Waals surface area contributed by atoms with E-state index in [2.05, 4.69) is 10.9 Å². The topological polar surface area (TPSA) is 95.6 Å². The average Bonchev–Trinajstić information content (AvgIpc) is 2.15. The first-order valence-corrected chi connectivity index (χ1v) is 6.75. The Morgan fingerprint density at radius 2 is 1.62 bits per heavy atom. The fourth-order valence-corrected chi connectivity index (χ4v) is 1.32. The van der Waals surface area contributed by atoms with E-state index >= 15 is 0 Å². The van der Waals surface area contributed by atoms with E-state index in [1.54, 1.807) is 13.8 Å². The lowest BCUT2D eigenvalue weighted by molar-refractivity contribution is -0.129. The number of carbonyl (C=O) groups is 2. The summed E-state index contributed by atoms with van der Waals surface area (Å²) in [5, 5.41) is 0. The zero-order chi connectivity index (χ0) is 12.8. The van der Waals surface area contributed by atoms with Gasteiger partial charge in [-0.05, 0) is 10.9 Å². The summed E-state index contributed by atoms with van der Waals surface area (Å²) in [6.45, 7) is 3.36. The van der Waals surface area contributed by atoms with Crippen molar-refractivity contribution in [3.8, 4) is 0 Å². The van der Waals surface area contributed by atoms with Gasteiger partial charge in [0, 0.05) is 12.8 Å². The van der Waals surface area contributed by atoms with E-state index in [9.17, 15) is 18.0 Å². The molecule has 0 unspecified atom stereocenters. The second kappa shape index (κ2) is 6.44. The Balaban J connectivity index is 4.58. The van der Waals surface area contributed by atoms with Gasteiger partial charge in [-0.25, -0.2) is 8.42 Å². The van der Waals surface area contributed by atoms with Gasteiger partial charge in [0.25, 0.3) is 0 Å². The van der Waals surface area contributed by atoms with Crippen LogP contribution in [0.25, 0.3) is 0 Å². The summed E-state index contributed by atoms with van der Waals surface area (Å²) < 4.78 is 22.9. The number of amides is 2. The smallest absolute Gasteiger partial charge is 0.246 e. The third-order valence-electron chi connectivity index (χ3n) is 1.58. The first kappa shape index (κ1) is 14.8. The number of nitrogens with zero attached hydrogens (tertiary/aromatic N) is 1. The number of rotatable bonds is 6. The average molecular weight is 251 g/mol. The lowest BCUT2D eigenvalue weighted by Crippen LogP contribution is -2.55. The monoisotopic (exact) mass is 251 g/mol. The highest BCUT2D eigenvalue weighted by Crippen LogP contribution is 1.93. The summed E-state index contributed by atoms with van der Waals surface area (Å²) in [5.41, 5.74) is 4.17. The summed E-state index contributed by atoms with van der Waals surface area (Å²) in [6.07, 6.45) is 1.78. The molecule has 16 heavy (non-hydrogen) atoms. The Morgan fingerprint density at radius 1 is 1.12 bits per heavy atom. The minimum absolute atomic E-state index is 0.121. The van der Waals surface area contributed by atoms with Gasteiger partial charge in [0.2, 0.25) is 21.8 Å². The van der Waals surface area contributed by atoms with Crippen molar-refractivity contribution in [2.75, 3.05) is 6.26 Å². The number of carbonyl (C=O) groups excluding carboxylic acids is 2. The van der Waals surface area contributed by atoms with E-state index in [0.717, 1.165) is 6.26 Å². The molecule has 8 heteroatoms. The number of sulfonamides is 1. The van der Waals surface area contributed by atoms with Gasteiger partial charge in [0.1, 0.15) is 0 Å². The molecule has 0 fully saturated rings. The standard InChI is InChI=1S/C8H17N3O4S/c1-4-6-8(13)10-11(16(3,14)15)9-7(12)5-2/h4-6H2,1-3H3,(H,9,12)(H,10,13). The van der Waals surface area contributed by atoms with Crippen LogP contribution in [0, 0.1) is 0 Å². The fourth-order valence-electron chi connectivity index (χ4n) is 0.782. The van der Waals surface area contributed by atoms with Gasteiger partial charge >= 0.3 is 0 Å². The highest BCUT2D eigenvalue weighted by atomic mass is 32.2. The van der Waals surface area contributed by atoms with Crippen molar-refractivity contribution in [2.45, 2.75) is 33.1 Å². The van der Waals surface area contributed by atoms with E-state index in [1.807, 2.05) is 0 Å². The van der Waals surface area contributed by atoms with Gasteiger partial charge in [-0.3, -0.25) is 20.4 Å². The van der Waals surface area contributed by atoms with Crippen LogP contribution in [0.3, 0.4) is 0 Å². The molecule has 0 aliphatic carbocycles. The molecule has 0 rings (SSSR count). The van der Waals surface area contributed by atoms with Crippen LogP contribution in [0.4, 0.5) is 0 Å². The predicted octanol–water partition coefficient (Wildman–Crippen LogP) is -0.479. The molecule has 0 saturated heterocycles. The van der Waals surface area contributed by atoms with Gasteiger partial charge in [-0.15, -0.1) is 0 Å². The fraction of sp³-hybridized carbons (Fsp3) is 0.750. The van der Waals surface area contributed by atoms with Gasteiger partial charge in [0.05, 0.1) is 6.26 Å². The summed E-state index contributed by atoms with van der Waals surface area (Å²) in [4.78, 5) is 22.2. The second-order valence-corrected chi connectivity index (χ2v) is 5.03. The maximum atomic E-state index is 11.2. The highest BCUT2D eigenvalue weighted by Gasteiger charge is 2.20. The molecule has 0 aromatic rings. The molecule has 0 heterocycles. The first-order chi connectivity index (χ1) is 7.31. The van der Waals surface area contributed by atoms with E-state index in [1.165, 1.54) is 0 Å². The van der Waals surface area contributed by atoms with Crippen LogP contribution in [0.1, 0.15) is 33.1 Å². The van der Waals surface area contributed by atoms with Crippen LogP contribution in [-0.2, 0) is 19.6 Å². The van der Waals surface area contributed by atoms with Crippen LogP contribution >= 0.6 is 0 Å². The Labute approximate surface area is 95.2 Å². The van der Waals surface area contributed by atoms with Crippen LogP contribution in [-0.4, -0.2) is 31.0 Å². The molecule has 0 saturated carbocycles. The van der Waals surface area contributed by atoms with Crippen molar-refractivity contribution in [3.63, 3.8) is 0 Å². The molecule has 0 atom stereocenters. The van der Waals surface area contributed by atoms with Crippen molar-refractivity contribution < 1.29 is 18.0 Å². The number of hydrogen-bond acceptors (Lipinski definition) is 4. The van der Waals surface area contributed by atoms with Crippen LogP contribution in [0.2, 0.25) is 0 Å². The number of hydrogen-bond donors (Lipinski definition) is 2. The SMILES string of the molecule is CCCC(=O)NN(NC(=O)CC)S(C)(=O)=O.